The Labute approximate surface area is 508 Å². The normalized spacial score (nSPS) is 50.4. The van der Waals surface area contributed by atoms with Crippen LogP contribution in [-0.4, -0.2) is 262 Å². The summed E-state index contributed by atoms with van der Waals surface area (Å²) in [4.78, 5) is 26.9. The zero-order valence-electron chi connectivity index (χ0n) is 52.2. The number of ether oxygens (including phenoxy) is 14. The van der Waals surface area contributed by atoms with Gasteiger partial charge in [-0.3, -0.25) is 4.79 Å². The predicted molar refractivity (Wildman–Crippen MR) is 299 cm³/mol. The summed E-state index contributed by atoms with van der Waals surface area (Å²) in [5.74, 6) is -1.72. The van der Waals surface area contributed by atoms with Gasteiger partial charge >= 0.3 is 5.97 Å². The molecule has 30 atom stereocenters. The Kier molecular flexibility index (Phi) is 21.4. The van der Waals surface area contributed by atoms with Crippen molar-refractivity contribution in [1.29, 1.82) is 0 Å². The minimum absolute atomic E-state index is 0.0622. The highest BCUT2D eigenvalue weighted by molar-refractivity contribution is 5.87. The molecule has 8 fully saturated rings. The van der Waals surface area contributed by atoms with Crippen molar-refractivity contribution in [3.8, 4) is 0 Å². The zero-order valence-corrected chi connectivity index (χ0v) is 52.2. The molecule has 0 spiro atoms. The second-order valence-electron chi connectivity index (χ2n) is 26.7. The third-order valence-electron chi connectivity index (χ3n) is 21.6. The van der Waals surface area contributed by atoms with Gasteiger partial charge in [-0.25, -0.2) is 4.79 Å². The molecule has 0 amide bonds. The average Bonchev–Trinajstić information content (AvgIpc) is 1.61. The van der Waals surface area contributed by atoms with E-state index in [1.165, 1.54) is 20.1 Å². The highest BCUT2D eigenvalue weighted by Crippen LogP contribution is 2.71. The van der Waals surface area contributed by atoms with Gasteiger partial charge in [0.05, 0.1) is 61.4 Å². The maximum atomic E-state index is 13.6. The molecule has 9 rings (SSSR count). The van der Waals surface area contributed by atoms with Gasteiger partial charge in [0, 0.05) is 52.6 Å². The van der Waals surface area contributed by atoms with E-state index in [9.17, 15) is 60.7 Å². The number of ketones is 1. The van der Waals surface area contributed by atoms with Crippen molar-refractivity contribution in [1.82, 2.24) is 0 Å². The van der Waals surface area contributed by atoms with Crippen LogP contribution < -0.4 is 0 Å². The number of methoxy groups -OCH3 is 3. The SMILES string of the molecule is CO[C@H]1C[C@H](O[C@H]2CC[C@@]3(C)C(=CC[C@]4(O)[C@@H]3C[C@@H](OC(=O)C=C(C)C(C)C)[C@@]3(C)[C@]4(O)CC[C@@]3(O)C(C)=O)C2)O[C@H](C)[C@H]1O[C@H]1C[C@@H](OC)[C@H](O[C@H]2C[C@H](OC)[C@H](O[C@@H]3O[C@H](CO)[C@@H](O[C@@H]4O[C@H](CO)[C@@H](O)[C@H](O)[C@H]4O)[C@H](O)[C@H]3O)[C@@H](C)O2)[C@@H](C)O1. The fraction of sp³-hybridized carbons (Fsp3) is 0.902. The summed E-state index contributed by atoms with van der Waals surface area (Å²) in [6.45, 7) is 14.6. The van der Waals surface area contributed by atoms with Crippen LogP contribution in [0.15, 0.2) is 23.3 Å². The minimum Gasteiger partial charge on any atom is -0.458 e. The molecule has 0 bridgehead atoms. The largest absolute Gasteiger partial charge is 0.458 e. The Morgan fingerprint density at radius 1 is 0.632 bits per heavy atom. The van der Waals surface area contributed by atoms with Gasteiger partial charge in [0.1, 0.15) is 90.1 Å². The molecule has 0 aromatic rings. The zero-order chi connectivity index (χ0) is 63.6. The molecule has 26 nitrogen and oxygen atoms in total. The van der Waals surface area contributed by atoms with E-state index in [1.807, 2.05) is 40.7 Å². The number of rotatable bonds is 19. The summed E-state index contributed by atoms with van der Waals surface area (Å²) in [6, 6.07) is 0. The first-order valence-electron chi connectivity index (χ1n) is 31.0. The molecular formula is C61H98O26. The van der Waals surface area contributed by atoms with E-state index >= 15 is 0 Å². The number of hydrogen-bond acceptors (Lipinski definition) is 26. The summed E-state index contributed by atoms with van der Waals surface area (Å²) in [7, 11) is 4.64. The van der Waals surface area contributed by atoms with Crippen LogP contribution in [-0.2, 0) is 75.9 Å². The molecule has 0 unspecified atom stereocenters. The number of aliphatic hydroxyl groups excluding tert-OH is 7. The maximum Gasteiger partial charge on any atom is 0.330 e. The van der Waals surface area contributed by atoms with Gasteiger partial charge in [-0.05, 0) is 97.8 Å². The molecule has 498 valence electrons. The van der Waals surface area contributed by atoms with Crippen LogP contribution in [0.2, 0.25) is 0 Å². The standard InChI is InChI=1S/C61H98O26/c1-27(2)28(3)19-42(65)83-41-24-40-57(8)15-14-34(20-33(57)13-16-60(40,72)61(73)18-17-59(71,32(7)64)58(41,61)9)80-43-21-35(74-10)51(29(4)77-43)84-44-22-36(75-11)52(30(5)78-44)85-45-23-37(76-12)53(31(6)79-45)86-56-50(70)48(68)54(39(26-63)82-56)87-55-49(69)47(67)46(66)38(25-62)81-55/h13,19,27,29-31,34-41,43-56,62-63,66-73H,14-18,20-26H2,1-12H3/t29-,30-,31-,34+,35+,36-,37+,38-,39-,40-,41-,43+,44+,45+,46-,47+,48-,49-,50-,51-,52-,53-,54-,55+,56+,57+,58-,59-,60+,61-/m1/s1. The van der Waals surface area contributed by atoms with Crippen molar-refractivity contribution >= 4 is 11.8 Å². The fourth-order valence-corrected chi connectivity index (χ4v) is 15.9. The first-order valence-corrected chi connectivity index (χ1v) is 31.0. The van der Waals surface area contributed by atoms with Crippen LogP contribution >= 0.6 is 0 Å². The van der Waals surface area contributed by atoms with E-state index < -0.39 is 200 Å². The number of fused-ring (bicyclic) bond motifs is 5. The molecule has 3 saturated carbocycles. The smallest absolute Gasteiger partial charge is 0.330 e. The number of esters is 1. The lowest BCUT2D eigenvalue weighted by atomic mass is 9.42. The second kappa shape index (κ2) is 27.0. The van der Waals surface area contributed by atoms with E-state index in [0.717, 1.165) is 11.1 Å². The van der Waals surface area contributed by atoms with E-state index in [0.29, 0.717) is 25.7 Å². The molecular weight excluding hydrogens is 1150 g/mol. The summed E-state index contributed by atoms with van der Waals surface area (Å²) < 4.78 is 86.7. The molecule has 5 heterocycles. The van der Waals surface area contributed by atoms with Crippen molar-refractivity contribution in [2.24, 2.45) is 22.7 Å². The van der Waals surface area contributed by atoms with Crippen LogP contribution in [0.25, 0.3) is 0 Å². The monoisotopic (exact) mass is 1250 g/mol. The average molecular weight is 1250 g/mol. The number of carbonyl (C=O) groups is 2. The van der Waals surface area contributed by atoms with Crippen LogP contribution in [0.5, 0.6) is 0 Å². The third kappa shape index (κ3) is 12.5. The quantitative estimate of drug-likeness (QED) is 0.0470. The Balaban J connectivity index is 0.784. The molecule has 10 N–H and O–H groups in total. The fourth-order valence-electron chi connectivity index (χ4n) is 15.9. The number of aliphatic hydroxyl groups is 10. The number of Topliss-reactive ketones (excluding diaryl/α,β-unsaturated/α-hetero) is 1. The van der Waals surface area contributed by atoms with Gasteiger partial charge in [-0.15, -0.1) is 0 Å². The van der Waals surface area contributed by atoms with Gasteiger partial charge in [0.25, 0.3) is 0 Å². The predicted octanol–water partition coefficient (Wildman–Crippen LogP) is 0.238. The Morgan fingerprint density at radius 2 is 1.13 bits per heavy atom. The maximum absolute atomic E-state index is 13.6. The molecule has 87 heavy (non-hydrogen) atoms. The lowest BCUT2D eigenvalue weighted by molar-refractivity contribution is -0.376. The van der Waals surface area contributed by atoms with Gasteiger partial charge in [-0.1, -0.05) is 38.0 Å². The number of carbonyl (C=O) groups excluding carboxylic acids is 2. The topological polar surface area (TPSA) is 366 Å². The highest BCUT2D eigenvalue weighted by atomic mass is 16.8. The molecule has 5 saturated heterocycles. The van der Waals surface area contributed by atoms with E-state index in [4.69, 9.17) is 66.3 Å². The van der Waals surface area contributed by atoms with Gasteiger partial charge in [-0.2, -0.15) is 0 Å². The van der Waals surface area contributed by atoms with Gasteiger partial charge in [0.15, 0.2) is 37.2 Å². The highest BCUT2D eigenvalue weighted by Gasteiger charge is 2.81. The Morgan fingerprint density at radius 3 is 1.63 bits per heavy atom. The number of allylic oxidation sites excluding steroid dienone is 1. The lowest BCUT2D eigenvalue weighted by Crippen LogP contribution is -2.78. The van der Waals surface area contributed by atoms with E-state index in [2.05, 4.69) is 6.92 Å². The van der Waals surface area contributed by atoms with Crippen molar-refractivity contribution < 1.29 is 127 Å². The van der Waals surface area contributed by atoms with E-state index in [-0.39, 0.29) is 50.5 Å². The lowest BCUT2D eigenvalue weighted by Gasteiger charge is -2.67. The first-order chi connectivity index (χ1) is 41.0. The van der Waals surface area contributed by atoms with E-state index in [1.54, 1.807) is 28.1 Å². The summed E-state index contributed by atoms with van der Waals surface area (Å²) in [6.07, 6.45) is -19.8. The van der Waals surface area contributed by atoms with Gasteiger partial charge < -0.3 is 117 Å². The third-order valence-corrected chi connectivity index (χ3v) is 21.6. The molecule has 0 radical (unpaired) electrons. The second-order valence-corrected chi connectivity index (χ2v) is 26.7. The van der Waals surface area contributed by atoms with Crippen LogP contribution in [0, 0.1) is 22.7 Å². The molecule has 4 aliphatic carbocycles. The minimum atomic E-state index is -2.05. The first kappa shape index (κ1) is 69.1. The molecule has 9 aliphatic rings. The summed E-state index contributed by atoms with van der Waals surface area (Å²) in [5, 5.41) is 111. The molecule has 0 aromatic carbocycles. The Hall–Kier alpha value is -2.30. The van der Waals surface area contributed by atoms with Crippen LogP contribution in [0.1, 0.15) is 127 Å². The summed E-state index contributed by atoms with van der Waals surface area (Å²) >= 11 is 0. The number of hydrogen-bond donors (Lipinski definition) is 10. The van der Waals surface area contributed by atoms with Crippen LogP contribution in [0.3, 0.4) is 0 Å². The Bertz CT molecular complexity index is 2430. The van der Waals surface area contributed by atoms with Crippen molar-refractivity contribution in [3.63, 3.8) is 0 Å². The summed E-state index contributed by atoms with van der Waals surface area (Å²) in [5.41, 5.74) is -6.33. The van der Waals surface area contributed by atoms with Gasteiger partial charge in [0.2, 0.25) is 0 Å². The molecule has 26 heteroatoms. The van der Waals surface area contributed by atoms with Crippen LogP contribution in [0.4, 0.5) is 0 Å². The van der Waals surface area contributed by atoms with Crippen molar-refractivity contribution in [2.75, 3.05) is 34.5 Å². The van der Waals surface area contributed by atoms with Crippen molar-refractivity contribution in [2.45, 2.75) is 291 Å². The molecule has 5 aliphatic heterocycles. The molecule has 0 aromatic heterocycles. The van der Waals surface area contributed by atoms with Crippen molar-refractivity contribution in [3.05, 3.63) is 23.3 Å².